The van der Waals surface area contributed by atoms with Crippen molar-refractivity contribution in [2.45, 2.75) is 20.3 Å². The molecule has 64 valence electrons. The summed E-state index contributed by atoms with van der Waals surface area (Å²) in [5.41, 5.74) is 0.794. The van der Waals surface area contributed by atoms with Crippen molar-refractivity contribution >= 4 is 5.97 Å². The molecule has 3 heteroatoms. The smallest absolute Gasteiger partial charge is 0.306 e. The fourth-order valence-corrected chi connectivity index (χ4v) is 0.785. The number of hydrogen-bond donors (Lipinski definition) is 1. The fourth-order valence-electron chi connectivity index (χ4n) is 0.785. The molecule has 0 saturated heterocycles. The van der Waals surface area contributed by atoms with E-state index < -0.39 is 18.6 Å². The Morgan fingerprint density at radius 3 is 2.64 bits per heavy atom. The van der Waals surface area contributed by atoms with E-state index in [9.17, 15) is 9.18 Å². The van der Waals surface area contributed by atoms with Crippen LogP contribution in [0.25, 0.3) is 0 Å². The molecule has 2 nitrogen and oxygen atoms in total. The number of rotatable bonds is 4. The van der Waals surface area contributed by atoms with Gasteiger partial charge in [0.15, 0.2) is 0 Å². The zero-order valence-electron chi connectivity index (χ0n) is 6.80. The van der Waals surface area contributed by atoms with E-state index in [0.717, 1.165) is 5.57 Å². The van der Waals surface area contributed by atoms with E-state index in [1.807, 2.05) is 0 Å². The van der Waals surface area contributed by atoms with Gasteiger partial charge in [-0.05, 0) is 13.3 Å². The third-order valence-corrected chi connectivity index (χ3v) is 1.48. The Balaban J connectivity index is 3.84. The average Bonchev–Trinajstić information content (AvgIpc) is 1.87. The zero-order valence-corrected chi connectivity index (χ0v) is 6.80. The molecule has 0 aromatic rings. The number of halogens is 1. The van der Waals surface area contributed by atoms with Gasteiger partial charge in [-0.1, -0.05) is 18.6 Å². The molecule has 0 aliphatic heterocycles. The van der Waals surface area contributed by atoms with E-state index in [2.05, 4.69) is 0 Å². The highest BCUT2D eigenvalue weighted by atomic mass is 19.1. The van der Waals surface area contributed by atoms with Gasteiger partial charge in [-0.2, -0.15) is 0 Å². The molecule has 0 radical (unpaired) electrons. The number of hydrogen-bond acceptors (Lipinski definition) is 1. The van der Waals surface area contributed by atoms with E-state index >= 15 is 0 Å². The molecule has 0 saturated carbocycles. The Morgan fingerprint density at radius 1 is 1.73 bits per heavy atom. The second kappa shape index (κ2) is 4.88. The zero-order chi connectivity index (χ0) is 8.85. The molecule has 11 heavy (non-hydrogen) atoms. The number of allylic oxidation sites excluding steroid dienone is 2. The molecule has 1 N–H and O–H groups in total. The van der Waals surface area contributed by atoms with Gasteiger partial charge in [0, 0.05) is 0 Å². The summed E-state index contributed by atoms with van der Waals surface area (Å²) >= 11 is 0. The van der Waals surface area contributed by atoms with Gasteiger partial charge in [0.05, 0.1) is 5.92 Å². The number of alkyl halides is 1. The van der Waals surface area contributed by atoms with Crippen molar-refractivity contribution in [1.82, 2.24) is 0 Å². The normalized spacial score (nSPS) is 14.6. The van der Waals surface area contributed by atoms with Gasteiger partial charge in [-0.15, -0.1) is 0 Å². The summed E-state index contributed by atoms with van der Waals surface area (Å²) in [6, 6.07) is 0. The van der Waals surface area contributed by atoms with Gasteiger partial charge in [0.2, 0.25) is 0 Å². The molecule has 0 amide bonds. The van der Waals surface area contributed by atoms with Gasteiger partial charge in [0.1, 0.15) is 6.67 Å². The first-order valence-electron chi connectivity index (χ1n) is 3.52. The van der Waals surface area contributed by atoms with Crippen LogP contribution in [0.1, 0.15) is 20.3 Å². The summed E-state index contributed by atoms with van der Waals surface area (Å²) in [6.45, 7) is 2.83. The topological polar surface area (TPSA) is 37.3 Å². The molecular weight excluding hydrogens is 147 g/mol. The predicted molar refractivity (Wildman–Crippen MR) is 41.1 cm³/mol. The molecule has 0 fully saturated rings. The molecule has 0 aromatic heterocycles. The summed E-state index contributed by atoms with van der Waals surface area (Å²) in [6.07, 6.45) is 1.83. The summed E-state index contributed by atoms with van der Waals surface area (Å²) in [7, 11) is 0. The van der Waals surface area contributed by atoms with E-state index in [0.29, 0.717) is 6.42 Å². The summed E-state index contributed by atoms with van der Waals surface area (Å²) in [4.78, 5) is 10.3. The fraction of sp³-hybridized carbons (Fsp3) is 0.625. The van der Waals surface area contributed by atoms with Crippen LogP contribution in [0.2, 0.25) is 0 Å². The highest BCUT2D eigenvalue weighted by Crippen LogP contribution is 2.10. The quantitative estimate of drug-likeness (QED) is 0.639. The molecule has 0 rings (SSSR count). The number of aliphatic carboxylic acids is 1. The van der Waals surface area contributed by atoms with Crippen LogP contribution in [-0.2, 0) is 4.79 Å². The van der Waals surface area contributed by atoms with Gasteiger partial charge < -0.3 is 5.11 Å². The lowest BCUT2D eigenvalue weighted by molar-refractivity contribution is -0.141. The van der Waals surface area contributed by atoms with Crippen LogP contribution in [0, 0.1) is 5.92 Å². The third kappa shape index (κ3) is 4.53. The van der Waals surface area contributed by atoms with Crippen LogP contribution in [0.3, 0.4) is 0 Å². The maximum absolute atomic E-state index is 11.7. The number of carbonyl (C=O) groups is 1. The van der Waals surface area contributed by atoms with Gasteiger partial charge in [-0.3, -0.25) is 4.79 Å². The average molecular weight is 160 g/mol. The monoisotopic (exact) mass is 160 g/mol. The van der Waals surface area contributed by atoms with Crippen LogP contribution in [-0.4, -0.2) is 17.8 Å². The highest BCUT2D eigenvalue weighted by molar-refractivity contribution is 5.69. The lowest BCUT2D eigenvalue weighted by Gasteiger charge is -2.04. The molecular formula is C8H13FO2. The molecule has 0 aromatic carbocycles. The van der Waals surface area contributed by atoms with Crippen LogP contribution >= 0.6 is 0 Å². The first-order valence-corrected chi connectivity index (χ1v) is 3.52. The van der Waals surface area contributed by atoms with E-state index in [1.54, 1.807) is 13.8 Å². The van der Waals surface area contributed by atoms with E-state index in [1.165, 1.54) is 6.08 Å². The van der Waals surface area contributed by atoms with Crippen LogP contribution in [0.5, 0.6) is 0 Å². The number of carboxylic acids is 1. The molecule has 0 aliphatic carbocycles. The Hall–Kier alpha value is -0.860. The van der Waals surface area contributed by atoms with Crippen molar-refractivity contribution in [2.24, 2.45) is 5.92 Å². The second-order valence-corrected chi connectivity index (χ2v) is 2.65. The van der Waals surface area contributed by atoms with E-state index in [4.69, 9.17) is 5.11 Å². The minimum atomic E-state index is -0.836. The first kappa shape index (κ1) is 10.1. The minimum absolute atomic E-state index is 0.419. The summed E-state index contributed by atoms with van der Waals surface area (Å²) in [5.74, 6) is -1.26. The van der Waals surface area contributed by atoms with Gasteiger partial charge in [0.25, 0.3) is 0 Å². The van der Waals surface area contributed by atoms with Gasteiger partial charge in [-0.25, -0.2) is 4.39 Å². The van der Waals surface area contributed by atoms with Crippen LogP contribution in [0.15, 0.2) is 11.6 Å². The van der Waals surface area contributed by atoms with Crippen molar-refractivity contribution in [3.63, 3.8) is 0 Å². The molecule has 0 bridgehead atoms. The molecule has 1 atom stereocenters. The van der Waals surface area contributed by atoms with Crippen LogP contribution < -0.4 is 0 Å². The predicted octanol–water partition coefficient (Wildman–Crippen LogP) is 2.01. The summed E-state index contributed by atoms with van der Waals surface area (Å²) in [5, 5.41) is 8.48. The molecule has 0 heterocycles. The van der Waals surface area contributed by atoms with Crippen LogP contribution in [0.4, 0.5) is 4.39 Å². The maximum Gasteiger partial charge on any atom is 0.306 e. The number of carboxylic acid groups (broad SMARTS) is 1. The lowest BCUT2D eigenvalue weighted by Crippen LogP contribution is -2.09. The largest absolute Gasteiger partial charge is 0.481 e. The third-order valence-electron chi connectivity index (χ3n) is 1.48. The minimum Gasteiger partial charge on any atom is -0.481 e. The molecule has 0 aliphatic rings. The molecule has 0 spiro atoms. The van der Waals surface area contributed by atoms with Crippen molar-refractivity contribution < 1.29 is 14.3 Å². The van der Waals surface area contributed by atoms with Crippen molar-refractivity contribution in [1.29, 1.82) is 0 Å². The maximum atomic E-state index is 11.7. The van der Waals surface area contributed by atoms with Crippen molar-refractivity contribution in [2.75, 3.05) is 6.67 Å². The highest BCUT2D eigenvalue weighted by Gasteiger charge is 2.10. The lowest BCUT2D eigenvalue weighted by atomic mass is 10.0. The van der Waals surface area contributed by atoms with Crippen molar-refractivity contribution in [3.05, 3.63) is 11.6 Å². The second-order valence-electron chi connectivity index (χ2n) is 2.65. The molecule has 1 unspecified atom stereocenters. The first-order chi connectivity index (χ1) is 5.07. The summed E-state index contributed by atoms with van der Waals surface area (Å²) < 4.78 is 11.7. The SMILES string of the molecule is C/C(=C\CF)CC(C)C(=O)O. The van der Waals surface area contributed by atoms with Gasteiger partial charge >= 0.3 is 5.97 Å². The Bertz CT molecular complexity index is 163. The standard InChI is InChI=1S/C8H13FO2/c1-6(3-4-9)5-7(2)8(10)11/h3,7H,4-5H2,1-2H3,(H,10,11)/b6-3+. The Labute approximate surface area is 65.7 Å². The van der Waals surface area contributed by atoms with Crippen molar-refractivity contribution in [3.8, 4) is 0 Å². The van der Waals surface area contributed by atoms with E-state index in [-0.39, 0.29) is 0 Å². The Morgan fingerprint density at radius 2 is 2.27 bits per heavy atom. The Kier molecular flexibility index (Phi) is 4.50.